The van der Waals surface area contributed by atoms with Crippen molar-refractivity contribution in [2.75, 3.05) is 0 Å². The lowest BCUT2D eigenvalue weighted by molar-refractivity contribution is 0.476. The van der Waals surface area contributed by atoms with Crippen LogP contribution in [0.4, 0.5) is 4.39 Å². The van der Waals surface area contributed by atoms with Crippen molar-refractivity contribution in [2.45, 2.75) is 25.9 Å². The summed E-state index contributed by atoms with van der Waals surface area (Å²) in [5, 5.41) is 10.0. The lowest BCUT2D eigenvalue weighted by atomic mass is 10.1. The molecule has 0 aliphatic heterocycles. The second kappa shape index (κ2) is 5.58. The van der Waals surface area contributed by atoms with Gasteiger partial charge in [-0.15, -0.1) is 0 Å². The molecule has 6 heteroatoms. The van der Waals surface area contributed by atoms with Crippen molar-refractivity contribution in [3.8, 4) is 0 Å². The number of H-pyrrole nitrogens is 1. The van der Waals surface area contributed by atoms with Gasteiger partial charge in [0.1, 0.15) is 18.0 Å². The van der Waals surface area contributed by atoms with E-state index in [1.165, 1.54) is 18.5 Å². The van der Waals surface area contributed by atoms with E-state index in [1.807, 2.05) is 13.8 Å². The average Bonchev–Trinajstić information content (AvgIpc) is 2.81. The van der Waals surface area contributed by atoms with E-state index in [2.05, 4.69) is 36.4 Å². The summed E-state index contributed by atoms with van der Waals surface area (Å²) in [4.78, 5) is 4.10. The normalized spacial score (nSPS) is 14.4. The fourth-order valence-electron chi connectivity index (χ4n) is 1.82. The standard InChI is InChI=1S/C12H14BrFN4/c1-7(10-4-3-9(14)5-11(10)13)17-8(2)12-15-6-16-18-12/h3-8,17H,1-2H3,(H,15,16,18). The third-order valence-corrected chi connectivity index (χ3v) is 3.46. The maximum absolute atomic E-state index is 13.0. The van der Waals surface area contributed by atoms with E-state index in [9.17, 15) is 4.39 Å². The van der Waals surface area contributed by atoms with Crippen LogP contribution in [0.5, 0.6) is 0 Å². The molecular weight excluding hydrogens is 299 g/mol. The zero-order valence-electron chi connectivity index (χ0n) is 10.1. The number of aromatic amines is 1. The van der Waals surface area contributed by atoms with Crippen molar-refractivity contribution in [1.29, 1.82) is 0 Å². The Hall–Kier alpha value is -1.27. The van der Waals surface area contributed by atoms with Gasteiger partial charge in [-0.3, -0.25) is 5.10 Å². The summed E-state index contributed by atoms with van der Waals surface area (Å²) in [7, 11) is 0. The number of nitrogens with zero attached hydrogens (tertiary/aromatic N) is 2. The van der Waals surface area contributed by atoms with Gasteiger partial charge in [0.25, 0.3) is 0 Å². The van der Waals surface area contributed by atoms with Crippen LogP contribution in [0.25, 0.3) is 0 Å². The van der Waals surface area contributed by atoms with Crippen LogP contribution in [0, 0.1) is 5.82 Å². The third kappa shape index (κ3) is 2.94. The van der Waals surface area contributed by atoms with Gasteiger partial charge in [-0.05, 0) is 31.5 Å². The molecule has 0 spiro atoms. The average molecular weight is 313 g/mol. The maximum Gasteiger partial charge on any atom is 0.141 e. The first-order valence-electron chi connectivity index (χ1n) is 5.64. The first-order valence-corrected chi connectivity index (χ1v) is 6.43. The SMILES string of the molecule is CC(NC(C)c1ccc(F)cc1Br)c1ncn[nH]1. The summed E-state index contributed by atoms with van der Waals surface area (Å²) in [6, 6.07) is 4.80. The highest BCUT2D eigenvalue weighted by Gasteiger charge is 2.15. The van der Waals surface area contributed by atoms with E-state index in [0.717, 1.165) is 15.9 Å². The highest BCUT2D eigenvalue weighted by molar-refractivity contribution is 9.10. The molecule has 96 valence electrons. The minimum absolute atomic E-state index is 0.0412. The molecule has 2 atom stereocenters. The van der Waals surface area contributed by atoms with Crippen molar-refractivity contribution in [1.82, 2.24) is 20.5 Å². The van der Waals surface area contributed by atoms with Gasteiger partial charge in [-0.2, -0.15) is 5.10 Å². The number of nitrogens with one attached hydrogen (secondary N) is 2. The summed E-state index contributed by atoms with van der Waals surface area (Å²) in [6.07, 6.45) is 1.48. The lowest BCUT2D eigenvalue weighted by Crippen LogP contribution is -2.23. The lowest BCUT2D eigenvalue weighted by Gasteiger charge is -2.19. The molecule has 2 rings (SSSR count). The summed E-state index contributed by atoms with van der Waals surface area (Å²) < 4.78 is 13.8. The van der Waals surface area contributed by atoms with Gasteiger partial charge in [0, 0.05) is 10.5 Å². The van der Waals surface area contributed by atoms with Crippen LogP contribution in [0.3, 0.4) is 0 Å². The van der Waals surface area contributed by atoms with Crippen LogP contribution in [-0.2, 0) is 0 Å². The Balaban J connectivity index is 2.10. The Morgan fingerprint density at radius 3 is 2.72 bits per heavy atom. The number of hydrogen-bond donors (Lipinski definition) is 2. The van der Waals surface area contributed by atoms with Crippen molar-refractivity contribution >= 4 is 15.9 Å². The largest absolute Gasteiger partial charge is 0.301 e. The molecule has 2 unspecified atom stereocenters. The highest BCUT2D eigenvalue weighted by Crippen LogP contribution is 2.25. The maximum atomic E-state index is 13.0. The number of hydrogen-bond acceptors (Lipinski definition) is 3. The molecule has 2 aromatic rings. The molecule has 2 N–H and O–H groups in total. The Labute approximate surface area is 113 Å². The summed E-state index contributed by atoms with van der Waals surface area (Å²) in [6.45, 7) is 4.01. The van der Waals surface area contributed by atoms with E-state index in [1.54, 1.807) is 6.07 Å². The molecule has 0 fully saturated rings. The monoisotopic (exact) mass is 312 g/mol. The Kier molecular flexibility index (Phi) is 4.08. The molecule has 4 nitrogen and oxygen atoms in total. The predicted octanol–water partition coefficient (Wildman–Crippen LogP) is 3.12. The predicted molar refractivity (Wildman–Crippen MR) is 70.4 cm³/mol. The van der Waals surface area contributed by atoms with E-state index >= 15 is 0 Å². The Morgan fingerprint density at radius 1 is 1.33 bits per heavy atom. The minimum Gasteiger partial charge on any atom is -0.301 e. The Morgan fingerprint density at radius 2 is 2.11 bits per heavy atom. The van der Waals surface area contributed by atoms with Crippen molar-refractivity contribution in [2.24, 2.45) is 0 Å². The van der Waals surface area contributed by atoms with E-state index < -0.39 is 0 Å². The Bertz CT molecular complexity index is 515. The molecule has 18 heavy (non-hydrogen) atoms. The van der Waals surface area contributed by atoms with Crippen molar-refractivity contribution < 1.29 is 4.39 Å². The summed E-state index contributed by atoms with van der Waals surface area (Å²) >= 11 is 3.37. The fraction of sp³-hybridized carbons (Fsp3) is 0.333. The first-order chi connectivity index (χ1) is 8.58. The molecule has 0 saturated carbocycles. The molecule has 0 aliphatic rings. The van der Waals surface area contributed by atoms with Gasteiger partial charge in [0.05, 0.1) is 6.04 Å². The van der Waals surface area contributed by atoms with Crippen molar-refractivity contribution in [3.05, 3.63) is 46.2 Å². The topological polar surface area (TPSA) is 53.6 Å². The van der Waals surface area contributed by atoms with Gasteiger partial charge in [0.15, 0.2) is 0 Å². The molecule has 0 amide bonds. The molecule has 1 heterocycles. The summed E-state index contributed by atoms with van der Waals surface area (Å²) in [5.74, 6) is 0.529. The second-order valence-corrected chi connectivity index (χ2v) is 5.00. The number of halogens is 2. The third-order valence-electron chi connectivity index (χ3n) is 2.77. The molecular formula is C12H14BrFN4. The molecule has 1 aromatic heterocycles. The van der Waals surface area contributed by atoms with Gasteiger partial charge in [-0.1, -0.05) is 22.0 Å². The van der Waals surface area contributed by atoms with Gasteiger partial charge in [-0.25, -0.2) is 9.37 Å². The van der Waals surface area contributed by atoms with E-state index in [-0.39, 0.29) is 17.9 Å². The van der Waals surface area contributed by atoms with Crippen LogP contribution in [0.2, 0.25) is 0 Å². The first kappa shape index (κ1) is 13.2. The van der Waals surface area contributed by atoms with Crippen LogP contribution in [0.15, 0.2) is 29.0 Å². The van der Waals surface area contributed by atoms with Gasteiger partial charge in [0.2, 0.25) is 0 Å². The van der Waals surface area contributed by atoms with E-state index in [4.69, 9.17) is 0 Å². The van der Waals surface area contributed by atoms with Crippen molar-refractivity contribution in [3.63, 3.8) is 0 Å². The highest BCUT2D eigenvalue weighted by atomic mass is 79.9. The minimum atomic E-state index is -0.249. The number of aromatic nitrogens is 3. The quantitative estimate of drug-likeness (QED) is 0.912. The van der Waals surface area contributed by atoms with Crippen LogP contribution < -0.4 is 5.32 Å². The fourth-order valence-corrected chi connectivity index (χ4v) is 2.51. The van der Waals surface area contributed by atoms with Crippen LogP contribution >= 0.6 is 15.9 Å². The van der Waals surface area contributed by atoms with Gasteiger partial charge >= 0.3 is 0 Å². The number of rotatable bonds is 4. The van der Waals surface area contributed by atoms with Gasteiger partial charge < -0.3 is 5.32 Å². The second-order valence-electron chi connectivity index (χ2n) is 4.15. The molecule has 0 bridgehead atoms. The zero-order valence-corrected chi connectivity index (χ0v) is 11.7. The smallest absolute Gasteiger partial charge is 0.141 e. The van der Waals surface area contributed by atoms with E-state index in [0.29, 0.717) is 0 Å². The van der Waals surface area contributed by atoms with Crippen LogP contribution in [0.1, 0.15) is 37.3 Å². The molecule has 0 saturated heterocycles. The molecule has 1 aromatic carbocycles. The summed E-state index contributed by atoms with van der Waals surface area (Å²) in [5.41, 5.74) is 1.00. The molecule has 0 radical (unpaired) electrons. The zero-order chi connectivity index (χ0) is 13.1. The van der Waals surface area contributed by atoms with Crippen LogP contribution in [-0.4, -0.2) is 15.2 Å². The number of benzene rings is 1. The molecule has 0 aliphatic carbocycles.